The van der Waals surface area contributed by atoms with Crippen LogP contribution in [0, 0.1) is 27.7 Å². The number of benzene rings is 16. The molecule has 4 aromatic heterocycles. The van der Waals surface area contributed by atoms with E-state index in [4.69, 9.17) is 49.8 Å². The maximum Gasteiger partial charge on any atom is 0.164 e. The summed E-state index contributed by atoms with van der Waals surface area (Å²) < 4.78 is 0. The van der Waals surface area contributed by atoms with Crippen LogP contribution in [0.2, 0.25) is 0 Å². The molecular formula is C120H90N10. The second kappa shape index (κ2) is 33.9. The SMILES string of the molecule is CC1(C)c2ccc(-c3ccc(-c4cc(-c5ccccc5)nc(-c5ccccc5)n4)cc3)cc2-c2cc(-c3ccc(-c4cc(-c5ccccc5)nc(-c5ccccc5)n4)cc3)ccc21.Cc1ccc(-c2nc(-c3ccc(C)cc3)nc(-c3cccc(-c4ccc5c(c4)-c4cc(-c6cccc(-c7nc(-c8ccc(C)cc8)nc(-c8ccc(C)cc8)n7)c6)ccc4C5(C)C)c3)n2)cc1. The van der Waals surface area contributed by atoms with Crippen LogP contribution in [0.5, 0.6) is 0 Å². The van der Waals surface area contributed by atoms with Gasteiger partial charge in [0.15, 0.2) is 46.6 Å². The highest BCUT2D eigenvalue weighted by molar-refractivity contribution is 5.91. The van der Waals surface area contributed by atoms with E-state index in [0.29, 0.717) is 46.6 Å². The van der Waals surface area contributed by atoms with Crippen LogP contribution >= 0.6 is 0 Å². The fourth-order valence-electron chi connectivity index (χ4n) is 18.1. The summed E-state index contributed by atoms with van der Waals surface area (Å²) in [6.45, 7) is 17.7. The molecule has 0 saturated carbocycles. The Morgan fingerprint density at radius 3 is 0.585 bits per heavy atom. The van der Waals surface area contributed by atoms with E-state index in [1.165, 1.54) is 77.9 Å². The summed E-state index contributed by atoms with van der Waals surface area (Å²) in [6.07, 6.45) is 0. The van der Waals surface area contributed by atoms with Crippen LogP contribution in [0.1, 0.15) is 72.2 Å². The van der Waals surface area contributed by atoms with Crippen LogP contribution < -0.4 is 0 Å². The summed E-state index contributed by atoms with van der Waals surface area (Å²) in [5.74, 6) is 5.30. The Balaban J connectivity index is 0.000000158. The minimum Gasteiger partial charge on any atom is -0.228 e. The molecule has 0 saturated heterocycles. The van der Waals surface area contributed by atoms with Gasteiger partial charge in [0.25, 0.3) is 0 Å². The number of rotatable bonds is 16. The van der Waals surface area contributed by atoms with Crippen molar-refractivity contribution in [3.05, 3.63) is 445 Å². The first-order valence-electron chi connectivity index (χ1n) is 44.3. The summed E-state index contributed by atoms with van der Waals surface area (Å²) in [4.78, 5) is 50.2. The Morgan fingerprint density at radius 1 is 0.138 bits per heavy atom. The van der Waals surface area contributed by atoms with E-state index >= 15 is 0 Å². The van der Waals surface area contributed by atoms with E-state index in [1.807, 2.05) is 72.8 Å². The van der Waals surface area contributed by atoms with Crippen molar-refractivity contribution in [3.8, 4) is 203 Å². The number of aromatic nitrogens is 10. The molecule has 0 N–H and O–H groups in total. The number of aryl methyl sites for hydroxylation is 4. The van der Waals surface area contributed by atoms with Gasteiger partial charge < -0.3 is 0 Å². The first-order valence-corrected chi connectivity index (χ1v) is 44.3. The molecule has 20 aromatic rings. The normalized spacial score (nSPS) is 12.4. The van der Waals surface area contributed by atoms with Crippen molar-refractivity contribution in [2.45, 2.75) is 66.2 Å². The van der Waals surface area contributed by atoms with Gasteiger partial charge >= 0.3 is 0 Å². The van der Waals surface area contributed by atoms with Crippen LogP contribution in [0.25, 0.3) is 203 Å². The van der Waals surface area contributed by atoms with Gasteiger partial charge in [-0.15, -0.1) is 0 Å². The molecule has 10 heteroatoms. The van der Waals surface area contributed by atoms with Crippen LogP contribution in [-0.2, 0) is 10.8 Å². The molecule has 0 amide bonds. The van der Waals surface area contributed by atoms with Crippen molar-refractivity contribution in [1.29, 1.82) is 0 Å². The summed E-state index contributed by atoms with van der Waals surface area (Å²) in [5, 5.41) is 0. The molecule has 0 radical (unpaired) electrons. The molecule has 620 valence electrons. The number of hydrogen-bond donors (Lipinski definition) is 0. The van der Waals surface area contributed by atoms with E-state index in [2.05, 4.69) is 383 Å². The summed E-state index contributed by atoms with van der Waals surface area (Å²) >= 11 is 0. The summed E-state index contributed by atoms with van der Waals surface area (Å²) in [7, 11) is 0. The molecule has 0 fully saturated rings. The lowest BCUT2D eigenvalue weighted by molar-refractivity contribution is 0.660. The van der Waals surface area contributed by atoms with Crippen molar-refractivity contribution < 1.29 is 0 Å². The zero-order chi connectivity index (χ0) is 88.1. The molecular weight excluding hydrogens is 1580 g/mol. The zero-order valence-corrected chi connectivity index (χ0v) is 73.6. The Bertz CT molecular complexity index is 6970. The molecule has 16 aromatic carbocycles. The Morgan fingerprint density at radius 2 is 0.315 bits per heavy atom. The van der Waals surface area contributed by atoms with Gasteiger partial charge in [0.05, 0.1) is 22.8 Å². The average molecular weight is 1670 g/mol. The minimum absolute atomic E-state index is 0.116. The second-order valence-electron chi connectivity index (χ2n) is 35.1. The predicted octanol–water partition coefficient (Wildman–Crippen LogP) is 29.8. The van der Waals surface area contributed by atoms with Gasteiger partial charge in [-0.3, -0.25) is 0 Å². The Kier molecular flexibility index (Phi) is 21.1. The van der Waals surface area contributed by atoms with E-state index in [9.17, 15) is 0 Å². The molecule has 2 aliphatic rings. The molecule has 10 nitrogen and oxygen atoms in total. The maximum atomic E-state index is 5.06. The molecule has 22 rings (SSSR count). The van der Waals surface area contributed by atoms with Crippen molar-refractivity contribution in [2.75, 3.05) is 0 Å². The molecule has 2 aliphatic carbocycles. The predicted molar refractivity (Wildman–Crippen MR) is 532 cm³/mol. The first-order chi connectivity index (χ1) is 63.5. The van der Waals surface area contributed by atoms with E-state index < -0.39 is 0 Å². The Hall–Kier alpha value is -16.3. The Labute approximate surface area is 758 Å². The van der Waals surface area contributed by atoms with Gasteiger partial charge in [0.2, 0.25) is 0 Å². The van der Waals surface area contributed by atoms with Gasteiger partial charge in [-0.1, -0.05) is 402 Å². The number of fused-ring (bicyclic) bond motifs is 6. The van der Waals surface area contributed by atoms with E-state index in [0.717, 1.165) is 123 Å². The third-order valence-electron chi connectivity index (χ3n) is 25.5. The monoisotopic (exact) mass is 1670 g/mol. The van der Waals surface area contributed by atoms with Gasteiger partial charge in [-0.05, 0) is 165 Å². The minimum atomic E-state index is -0.168. The lowest BCUT2D eigenvalue weighted by Gasteiger charge is -2.21. The molecule has 0 spiro atoms. The molecule has 0 aliphatic heterocycles. The highest BCUT2D eigenvalue weighted by atomic mass is 15.0. The van der Waals surface area contributed by atoms with Gasteiger partial charge in [0, 0.05) is 77.6 Å². The van der Waals surface area contributed by atoms with Gasteiger partial charge in [-0.2, -0.15) is 0 Å². The lowest BCUT2D eigenvalue weighted by Crippen LogP contribution is -2.14. The largest absolute Gasteiger partial charge is 0.228 e. The van der Waals surface area contributed by atoms with Crippen molar-refractivity contribution in [2.24, 2.45) is 0 Å². The molecule has 0 bridgehead atoms. The fraction of sp³-hybridized carbons (Fsp3) is 0.0833. The average Bonchev–Trinajstić information content (AvgIpc) is 1.57. The van der Waals surface area contributed by atoms with Crippen molar-refractivity contribution in [1.82, 2.24) is 49.8 Å². The molecule has 0 atom stereocenters. The third kappa shape index (κ3) is 16.1. The maximum absolute atomic E-state index is 5.06. The van der Waals surface area contributed by atoms with Crippen LogP contribution in [-0.4, -0.2) is 49.8 Å². The number of hydrogen-bond acceptors (Lipinski definition) is 10. The van der Waals surface area contributed by atoms with Gasteiger partial charge in [0.1, 0.15) is 0 Å². The van der Waals surface area contributed by atoms with Crippen LogP contribution in [0.3, 0.4) is 0 Å². The number of nitrogens with zero attached hydrogens (tertiary/aromatic N) is 10. The standard InChI is InChI=1S/C61H48N6.C59H42N4/c1-37-13-21-41(22-14-37)55-62-56(42-23-15-38(2)16-24-42)65-59(64-55)49-11-7-9-45(33-49)47-29-31-53-51(35-47)52-36-48(30-32-54(52)61(53,5)6)46-10-8-12-50(34-46)60-66-57(43-25-17-39(3)18-26-43)63-58(67-60)44-27-19-40(4)20-28-44;1-59(2)51-33-31-47(39-23-27-43(28-24-39)55-37-53(41-15-7-3-8-16-41)60-57(62-55)45-19-11-5-12-20-45)35-49(51)50-36-48(32-34-52(50)59)40-25-29-44(30-26-40)56-38-54(42-17-9-4-10-18-42)61-58(63-56)46-21-13-6-14-22-46/h7-36H,1-6H3;3-38H,1-2H3. The molecule has 0 unspecified atom stereocenters. The zero-order valence-electron chi connectivity index (χ0n) is 73.6. The summed E-state index contributed by atoms with van der Waals surface area (Å²) in [6, 6.07) is 141. The quantitative estimate of drug-likeness (QED) is 0.0922. The molecule has 4 heterocycles. The highest BCUT2D eigenvalue weighted by Gasteiger charge is 2.38. The van der Waals surface area contributed by atoms with Crippen molar-refractivity contribution in [3.63, 3.8) is 0 Å². The smallest absolute Gasteiger partial charge is 0.164 e. The fourth-order valence-corrected chi connectivity index (χ4v) is 18.1. The van der Waals surface area contributed by atoms with Crippen LogP contribution in [0.15, 0.2) is 400 Å². The highest BCUT2D eigenvalue weighted by Crippen LogP contribution is 2.53. The van der Waals surface area contributed by atoms with Crippen molar-refractivity contribution >= 4 is 0 Å². The lowest BCUT2D eigenvalue weighted by atomic mass is 9.82. The molecule has 130 heavy (non-hydrogen) atoms. The summed E-state index contributed by atoms with van der Waals surface area (Å²) in [5.41, 5.74) is 39.5. The van der Waals surface area contributed by atoms with E-state index in [-0.39, 0.29) is 10.8 Å². The van der Waals surface area contributed by atoms with Crippen LogP contribution in [0.4, 0.5) is 0 Å². The van der Waals surface area contributed by atoms with E-state index in [1.54, 1.807) is 0 Å². The third-order valence-corrected chi connectivity index (χ3v) is 25.5. The second-order valence-corrected chi connectivity index (χ2v) is 35.1. The first kappa shape index (κ1) is 80.8. The topological polar surface area (TPSA) is 129 Å². The van der Waals surface area contributed by atoms with Gasteiger partial charge in [-0.25, -0.2) is 49.8 Å².